The Hall–Kier alpha value is -1.71. The van der Waals surface area contributed by atoms with Crippen molar-refractivity contribution in [2.45, 2.75) is 20.0 Å². The molecule has 0 aliphatic rings. The predicted molar refractivity (Wildman–Crippen MR) is 57.7 cm³/mol. The second-order valence-corrected chi connectivity index (χ2v) is 3.31. The molecule has 2 N–H and O–H groups in total. The smallest absolute Gasteiger partial charge is 0.346 e. The van der Waals surface area contributed by atoms with Gasteiger partial charge in [-0.1, -0.05) is 6.07 Å². The first kappa shape index (κ1) is 11.4. The average Bonchev–Trinajstić information content (AvgIpc) is 2.22. The molecule has 0 fully saturated rings. The molecule has 0 unspecified atom stereocenters. The van der Waals surface area contributed by atoms with E-state index in [2.05, 4.69) is 4.74 Å². The van der Waals surface area contributed by atoms with Gasteiger partial charge >= 0.3 is 5.97 Å². The van der Waals surface area contributed by atoms with E-state index in [1.54, 1.807) is 19.1 Å². The summed E-state index contributed by atoms with van der Waals surface area (Å²) in [6, 6.07) is 5.31. The van der Waals surface area contributed by atoms with Gasteiger partial charge in [0.15, 0.2) is 6.10 Å². The number of hydrogen-bond acceptors (Lipinski definition) is 4. The van der Waals surface area contributed by atoms with E-state index in [-0.39, 0.29) is 0 Å². The lowest BCUT2D eigenvalue weighted by Gasteiger charge is -2.14. The molecular weight excluding hydrogens is 194 g/mol. The molecule has 1 rings (SSSR count). The molecule has 0 heterocycles. The van der Waals surface area contributed by atoms with Gasteiger partial charge in [-0.2, -0.15) is 0 Å². The normalized spacial score (nSPS) is 11.9. The van der Waals surface area contributed by atoms with E-state index < -0.39 is 12.1 Å². The lowest BCUT2D eigenvalue weighted by Crippen LogP contribution is -2.25. The number of nitrogens with two attached hydrogens (primary N) is 1. The van der Waals surface area contributed by atoms with E-state index in [1.807, 2.05) is 13.0 Å². The Morgan fingerprint density at radius 2 is 2.13 bits per heavy atom. The molecule has 15 heavy (non-hydrogen) atoms. The molecule has 0 radical (unpaired) electrons. The minimum Gasteiger partial charge on any atom is -0.479 e. The van der Waals surface area contributed by atoms with Gasteiger partial charge in [0, 0.05) is 11.8 Å². The summed E-state index contributed by atoms with van der Waals surface area (Å²) in [5, 5.41) is 0. The highest BCUT2D eigenvalue weighted by atomic mass is 16.6. The van der Waals surface area contributed by atoms with Gasteiger partial charge in [0.2, 0.25) is 0 Å². The first-order chi connectivity index (χ1) is 7.04. The molecular formula is C11H15NO3. The minimum atomic E-state index is -0.629. The van der Waals surface area contributed by atoms with Crippen molar-refractivity contribution in [3.63, 3.8) is 0 Å². The van der Waals surface area contributed by atoms with Crippen LogP contribution in [0.4, 0.5) is 5.69 Å². The van der Waals surface area contributed by atoms with E-state index in [0.29, 0.717) is 11.4 Å². The molecule has 0 aliphatic heterocycles. The standard InChI is InChI=1S/C11H15NO3/c1-7-4-5-9(12)6-10(7)15-8(2)11(13)14-3/h4-6,8H,12H2,1-3H3/t8-/m0/s1. The highest BCUT2D eigenvalue weighted by Crippen LogP contribution is 2.22. The SMILES string of the molecule is COC(=O)[C@H](C)Oc1cc(N)ccc1C. The van der Waals surface area contributed by atoms with Crippen LogP contribution in [0, 0.1) is 6.92 Å². The molecule has 82 valence electrons. The van der Waals surface area contributed by atoms with Crippen LogP contribution in [0.2, 0.25) is 0 Å². The van der Waals surface area contributed by atoms with E-state index in [9.17, 15) is 4.79 Å². The van der Waals surface area contributed by atoms with E-state index in [1.165, 1.54) is 7.11 Å². The van der Waals surface area contributed by atoms with Crippen LogP contribution < -0.4 is 10.5 Å². The molecule has 4 heteroatoms. The van der Waals surface area contributed by atoms with Crippen LogP contribution in [-0.4, -0.2) is 19.2 Å². The molecule has 0 spiro atoms. The third-order valence-corrected chi connectivity index (χ3v) is 2.05. The number of ether oxygens (including phenoxy) is 2. The molecule has 0 bridgehead atoms. The molecule has 1 atom stereocenters. The van der Waals surface area contributed by atoms with Gasteiger partial charge in [-0.05, 0) is 25.5 Å². The van der Waals surface area contributed by atoms with Gasteiger partial charge in [-0.15, -0.1) is 0 Å². The van der Waals surface area contributed by atoms with Gasteiger partial charge < -0.3 is 15.2 Å². The summed E-state index contributed by atoms with van der Waals surface area (Å²) >= 11 is 0. The summed E-state index contributed by atoms with van der Waals surface area (Å²) in [5.74, 6) is 0.199. The fraction of sp³-hybridized carbons (Fsp3) is 0.364. The second kappa shape index (κ2) is 4.68. The van der Waals surface area contributed by atoms with E-state index in [0.717, 1.165) is 5.56 Å². The van der Waals surface area contributed by atoms with Gasteiger partial charge in [0.25, 0.3) is 0 Å². The fourth-order valence-electron chi connectivity index (χ4n) is 1.15. The number of carbonyl (C=O) groups is 1. The first-order valence-electron chi connectivity index (χ1n) is 4.65. The van der Waals surface area contributed by atoms with Crippen molar-refractivity contribution in [3.8, 4) is 5.75 Å². The van der Waals surface area contributed by atoms with Gasteiger partial charge in [-0.3, -0.25) is 0 Å². The van der Waals surface area contributed by atoms with Crippen LogP contribution >= 0.6 is 0 Å². The van der Waals surface area contributed by atoms with Crippen LogP contribution in [0.15, 0.2) is 18.2 Å². The zero-order chi connectivity index (χ0) is 11.4. The Bertz CT molecular complexity index is 363. The number of rotatable bonds is 3. The van der Waals surface area contributed by atoms with Crippen LogP contribution in [0.1, 0.15) is 12.5 Å². The van der Waals surface area contributed by atoms with E-state index >= 15 is 0 Å². The van der Waals surface area contributed by atoms with Gasteiger partial charge in [0.05, 0.1) is 7.11 Å². The number of aryl methyl sites for hydroxylation is 1. The summed E-state index contributed by atoms with van der Waals surface area (Å²) in [6.07, 6.45) is -0.629. The van der Waals surface area contributed by atoms with Crippen molar-refractivity contribution in [2.75, 3.05) is 12.8 Å². The second-order valence-electron chi connectivity index (χ2n) is 3.31. The number of benzene rings is 1. The average molecular weight is 209 g/mol. The lowest BCUT2D eigenvalue weighted by atomic mass is 10.2. The maximum Gasteiger partial charge on any atom is 0.346 e. The Balaban J connectivity index is 2.80. The highest BCUT2D eigenvalue weighted by molar-refractivity contribution is 5.74. The van der Waals surface area contributed by atoms with Crippen molar-refractivity contribution >= 4 is 11.7 Å². The number of esters is 1. The summed E-state index contributed by atoms with van der Waals surface area (Å²) in [5.41, 5.74) is 7.15. The number of carbonyl (C=O) groups excluding carboxylic acids is 1. The molecule has 0 saturated heterocycles. The lowest BCUT2D eigenvalue weighted by molar-refractivity contribution is -0.147. The summed E-state index contributed by atoms with van der Waals surface area (Å²) in [7, 11) is 1.33. The number of methoxy groups -OCH3 is 1. The summed E-state index contributed by atoms with van der Waals surface area (Å²) < 4.78 is 9.98. The quantitative estimate of drug-likeness (QED) is 0.605. The molecule has 0 amide bonds. The number of hydrogen-bond donors (Lipinski definition) is 1. The van der Waals surface area contributed by atoms with Gasteiger partial charge in [-0.25, -0.2) is 4.79 Å². The molecule has 0 aliphatic carbocycles. The monoisotopic (exact) mass is 209 g/mol. The van der Waals surface area contributed by atoms with Crippen LogP contribution in [0.25, 0.3) is 0 Å². The summed E-state index contributed by atoms with van der Waals surface area (Å²) in [6.45, 7) is 3.52. The van der Waals surface area contributed by atoms with Crippen molar-refractivity contribution in [1.82, 2.24) is 0 Å². The van der Waals surface area contributed by atoms with Gasteiger partial charge in [0.1, 0.15) is 5.75 Å². The largest absolute Gasteiger partial charge is 0.479 e. The Morgan fingerprint density at radius 1 is 1.47 bits per heavy atom. The maximum absolute atomic E-state index is 11.1. The molecule has 1 aromatic carbocycles. The highest BCUT2D eigenvalue weighted by Gasteiger charge is 2.15. The van der Waals surface area contributed by atoms with E-state index in [4.69, 9.17) is 10.5 Å². The molecule has 0 saturated carbocycles. The molecule has 1 aromatic rings. The number of nitrogen functional groups attached to an aromatic ring is 1. The minimum absolute atomic E-state index is 0.406. The Kier molecular flexibility index (Phi) is 3.55. The Morgan fingerprint density at radius 3 is 2.73 bits per heavy atom. The third kappa shape index (κ3) is 2.87. The summed E-state index contributed by atoms with van der Waals surface area (Å²) in [4.78, 5) is 11.1. The Labute approximate surface area is 89.0 Å². The van der Waals surface area contributed by atoms with Crippen molar-refractivity contribution in [2.24, 2.45) is 0 Å². The molecule has 0 aromatic heterocycles. The van der Waals surface area contributed by atoms with Crippen molar-refractivity contribution < 1.29 is 14.3 Å². The third-order valence-electron chi connectivity index (χ3n) is 2.05. The zero-order valence-electron chi connectivity index (χ0n) is 9.11. The number of anilines is 1. The maximum atomic E-state index is 11.1. The predicted octanol–water partition coefficient (Wildman–Crippen LogP) is 1.52. The van der Waals surface area contributed by atoms with Crippen LogP contribution in [0.5, 0.6) is 5.75 Å². The molecule has 4 nitrogen and oxygen atoms in total. The van der Waals surface area contributed by atoms with Crippen LogP contribution in [0.3, 0.4) is 0 Å². The first-order valence-corrected chi connectivity index (χ1v) is 4.65. The zero-order valence-corrected chi connectivity index (χ0v) is 9.11. The fourth-order valence-corrected chi connectivity index (χ4v) is 1.15. The topological polar surface area (TPSA) is 61.5 Å². The van der Waals surface area contributed by atoms with Crippen LogP contribution in [-0.2, 0) is 9.53 Å². The van der Waals surface area contributed by atoms with Crippen molar-refractivity contribution in [3.05, 3.63) is 23.8 Å². The van der Waals surface area contributed by atoms with Crippen molar-refractivity contribution in [1.29, 1.82) is 0 Å².